The summed E-state index contributed by atoms with van der Waals surface area (Å²) in [6.45, 7) is 4.49. The fourth-order valence-electron chi connectivity index (χ4n) is 2.25. The van der Waals surface area contributed by atoms with Crippen molar-refractivity contribution in [3.05, 3.63) is 30.6 Å². The van der Waals surface area contributed by atoms with Crippen LogP contribution >= 0.6 is 0 Å². The van der Waals surface area contributed by atoms with Crippen LogP contribution in [0.15, 0.2) is 35.5 Å². The first-order valence-corrected chi connectivity index (χ1v) is 9.03. The molecule has 0 atom stereocenters. The summed E-state index contributed by atoms with van der Waals surface area (Å²) >= 11 is 0. The van der Waals surface area contributed by atoms with Crippen molar-refractivity contribution in [2.45, 2.75) is 18.7 Å². The monoisotopic (exact) mass is 350 g/mol. The van der Waals surface area contributed by atoms with Crippen LogP contribution in [0.4, 0.5) is 23.0 Å². The van der Waals surface area contributed by atoms with Crippen LogP contribution in [0.5, 0.6) is 0 Å². The highest BCUT2D eigenvalue weighted by molar-refractivity contribution is 7.89. The summed E-state index contributed by atoms with van der Waals surface area (Å²) in [5.41, 5.74) is 7.03. The third kappa shape index (κ3) is 3.57. The van der Waals surface area contributed by atoms with Gasteiger partial charge in [-0.05, 0) is 24.3 Å². The third-order valence-corrected chi connectivity index (χ3v) is 5.65. The molecule has 0 saturated heterocycles. The van der Waals surface area contributed by atoms with Crippen LogP contribution in [0.3, 0.4) is 0 Å². The molecule has 0 aliphatic heterocycles. The number of hydrogen-bond donors (Lipinski definition) is 3. The molecule has 2 rings (SSSR count). The fourth-order valence-corrected chi connectivity index (χ4v) is 3.71. The van der Waals surface area contributed by atoms with E-state index in [1.54, 1.807) is 31.3 Å². The van der Waals surface area contributed by atoms with Gasteiger partial charge in [0, 0.05) is 25.8 Å². The molecule has 1 aromatic heterocycles. The Hall–Kier alpha value is -2.39. The third-order valence-electron chi connectivity index (χ3n) is 3.58. The molecule has 0 spiro atoms. The summed E-state index contributed by atoms with van der Waals surface area (Å²) in [4.78, 5) is 8.36. The highest BCUT2D eigenvalue weighted by atomic mass is 32.2. The average molecular weight is 350 g/mol. The van der Waals surface area contributed by atoms with Gasteiger partial charge in [0.2, 0.25) is 10.0 Å². The number of anilines is 4. The Morgan fingerprint density at radius 2 is 1.67 bits per heavy atom. The lowest BCUT2D eigenvalue weighted by atomic mass is 10.3. The van der Waals surface area contributed by atoms with Gasteiger partial charge < -0.3 is 16.4 Å². The predicted molar refractivity (Wildman–Crippen MR) is 95.8 cm³/mol. The van der Waals surface area contributed by atoms with Gasteiger partial charge in [-0.25, -0.2) is 18.4 Å². The van der Waals surface area contributed by atoms with E-state index in [-0.39, 0.29) is 4.90 Å². The second-order valence-corrected chi connectivity index (χ2v) is 6.91. The number of rotatable bonds is 7. The number of benzene rings is 1. The zero-order valence-electron chi connectivity index (χ0n) is 13.9. The van der Waals surface area contributed by atoms with E-state index in [0.29, 0.717) is 36.1 Å². The largest absolute Gasteiger partial charge is 0.393 e. The fraction of sp³-hybridized carbons (Fsp3) is 0.333. The molecule has 130 valence electrons. The van der Waals surface area contributed by atoms with Crippen LogP contribution < -0.4 is 16.4 Å². The molecule has 0 aliphatic carbocycles. The zero-order valence-corrected chi connectivity index (χ0v) is 14.8. The second kappa shape index (κ2) is 7.45. The van der Waals surface area contributed by atoms with Crippen LogP contribution in [0.1, 0.15) is 13.8 Å². The topological polar surface area (TPSA) is 113 Å². The molecule has 0 aliphatic rings. The number of sulfonamides is 1. The number of nitrogens with one attached hydrogen (secondary N) is 2. The molecular formula is C15H22N6O2S. The Labute approximate surface area is 142 Å². The molecule has 2 aromatic rings. The lowest BCUT2D eigenvalue weighted by molar-refractivity contribution is 0.445. The Balaban J connectivity index is 2.25. The number of nitrogens with zero attached hydrogens (tertiary/aromatic N) is 3. The van der Waals surface area contributed by atoms with Gasteiger partial charge in [-0.2, -0.15) is 4.31 Å². The van der Waals surface area contributed by atoms with Crippen LogP contribution in [-0.2, 0) is 10.0 Å². The molecule has 0 unspecified atom stereocenters. The minimum Gasteiger partial charge on any atom is -0.393 e. The minimum absolute atomic E-state index is 0.253. The molecule has 0 saturated carbocycles. The highest BCUT2D eigenvalue weighted by Crippen LogP contribution is 2.26. The van der Waals surface area contributed by atoms with Crippen molar-refractivity contribution >= 4 is 33.0 Å². The second-order valence-electron chi connectivity index (χ2n) is 4.97. The molecule has 24 heavy (non-hydrogen) atoms. The molecule has 9 heteroatoms. The van der Waals surface area contributed by atoms with Gasteiger partial charge in [0.15, 0.2) is 11.6 Å². The molecule has 1 heterocycles. The molecule has 0 radical (unpaired) electrons. The first kappa shape index (κ1) is 18.0. The SMILES string of the molecule is CCN(CC)S(=O)(=O)c1ccc(Nc2ncnc(NC)c2N)cc1. The molecule has 1 aromatic carbocycles. The summed E-state index contributed by atoms with van der Waals surface area (Å²) in [5.74, 6) is 0.974. The Bertz CT molecular complexity index is 788. The van der Waals surface area contributed by atoms with E-state index < -0.39 is 10.0 Å². The summed E-state index contributed by atoms with van der Waals surface area (Å²) in [5, 5.41) is 5.93. The Kier molecular flexibility index (Phi) is 5.58. The first-order valence-electron chi connectivity index (χ1n) is 7.59. The van der Waals surface area contributed by atoms with Crippen molar-refractivity contribution in [2.24, 2.45) is 0 Å². The highest BCUT2D eigenvalue weighted by Gasteiger charge is 2.21. The van der Waals surface area contributed by atoms with Gasteiger partial charge in [-0.3, -0.25) is 0 Å². The Morgan fingerprint density at radius 1 is 1.08 bits per heavy atom. The summed E-state index contributed by atoms with van der Waals surface area (Å²) in [7, 11) is -1.75. The van der Waals surface area contributed by atoms with Crippen molar-refractivity contribution in [2.75, 3.05) is 36.5 Å². The minimum atomic E-state index is -3.46. The summed E-state index contributed by atoms with van der Waals surface area (Å²) in [6, 6.07) is 6.48. The van der Waals surface area contributed by atoms with Crippen LogP contribution in [0.2, 0.25) is 0 Å². The number of aromatic nitrogens is 2. The lowest BCUT2D eigenvalue weighted by Crippen LogP contribution is -2.30. The molecule has 0 bridgehead atoms. The first-order chi connectivity index (χ1) is 11.4. The average Bonchev–Trinajstić information content (AvgIpc) is 2.58. The maximum atomic E-state index is 12.5. The zero-order chi connectivity index (χ0) is 17.7. The van der Waals surface area contributed by atoms with Crippen molar-refractivity contribution < 1.29 is 8.42 Å². The van der Waals surface area contributed by atoms with Gasteiger partial charge in [0.05, 0.1) is 4.90 Å². The standard InChI is InChI=1S/C15H22N6O2S/c1-4-21(5-2)24(22,23)12-8-6-11(7-9-12)20-15-13(16)14(17-3)18-10-19-15/h6-10H,4-5,16H2,1-3H3,(H2,17,18,19,20). The van der Waals surface area contributed by atoms with Gasteiger partial charge in [0.1, 0.15) is 12.0 Å². The molecule has 0 fully saturated rings. The normalized spacial score (nSPS) is 11.5. The quantitative estimate of drug-likeness (QED) is 0.698. The van der Waals surface area contributed by atoms with Crippen LogP contribution in [-0.4, -0.2) is 42.8 Å². The van der Waals surface area contributed by atoms with E-state index in [9.17, 15) is 8.42 Å². The molecule has 8 nitrogen and oxygen atoms in total. The maximum Gasteiger partial charge on any atom is 0.243 e. The van der Waals surface area contributed by atoms with Crippen molar-refractivity contribution in [1.29, 1.82) is 0 Å². The number of nitrogen functional groups attached to an aromatic ring is 1. The van der Waals surface area contributed by atoms with Gasteiger partial charge >= 0.3 is 0 Å². The van der Waals surface area contributed by atoms with E-state index in [2.05, 4.69) is 20.6 Å². The van der Waals surface area contributed by atoms with Crippen molar-refractivity contribution in [1.82, 2.24) is 14.3 Å². The van der Waals surface area contributed by atoms with E-state index in [4.69, 9.17) is 5.73 Å². The van der Waals surface area contributed by atoms with Gasteiger partial charge in [-0.1, -0.05) is 13.8 Å². The van der Waals surface area contributed by atoms with Crippen LogP contribution in [0.25, 0.3) is 0 Å². The van der Waals surface area contributed by atoms with Gasteiger partial charge in [-0.15, -0.1) is 0 Å². The number of nitrogens with two attached hydrogens (primary N) is 1. The number of hydrogen-bond acceptors (Lipinski definition) is 7. The predicted octanol–water partition coefficient (Wildman–Crippen LogP) is 1.87. The van der Waals surface area contributed by atoms with E-state index in [1.165, 1.54) is 10.6 Å². The van der Waals surface area contributed by atoms with E-state index >= 15 is 0 Å². The smallest absolute Gasteiger partial charge is 0.243 e. The van der Waals surface area contributed by atoms with Crippen LogP contribution in [0, 0.1) is 0 Å². The molecule has 0 amide bonds. The van der Waals surface area contributed by atoms with E-state index in [0.717, 1.165) is 0 Å². The maximum absolute atomic E-state index is 12.5. The Morgan fingerprint density at radius 3 is 2.21 bits per heavy atom. The molecule has 4 N–H and O–H groups in total. The summed E-state index contributed by atoms with van der Waals surface area (Å²) < 4.78 is 26.3. The van der Waals surface area contributed by atoms with Crippen molar-refractivity contribution in [3.8, 4) is 0 Å². The molecular weight excluding hydrogens is 328 g/mol. The van der Waals surface area contributed by atoms with Gasteiger partial charge in [0.25, 0.3) is 0 Å². The summed E-state index contributed by atoms with van der Waals surface area (Å²) in [6.07, 6.45) is 1.39. The van der Waals surface area contributed by atoms with Crippen molar-refractivity contribution in [3.63, 3.8) is 0 Å². The van der Waals surface area contributed by atoms with E-state index in [1.807, 2.05) is 13.8 Å². The lowest BCUT2D eigenvalue weighted by Gasteiger charge is -2.18.